The van der Waals surface area contributed by atoms with Crippen molar-refractivity contribution in [3.63, 3.8) is 0 Å². The monoisotopic (exact) mass is 482 g/mol. The Morgan fingerprint density at radius 2 is 2.06 bits per heavy atom. The first-order chi connectivity index (χ1) is 17.6. The molecule has 3 N–H and O–H groups in total. The molecule has 0 aliphatic rings. The molecule has 0 atom stereocenters. The molecule has 0 saturated carbocycles. The van der Waals surface area contributed by atoms with E-state index in [1.807, 2.05) is 19.1 Å². The smallest absolute Gasteiger partial charge is 0.224 e. The Kier molecular flexibility index (Phi) is 5.21. The van der Waals surface area contributed by atoms with Gasteiger partial charge in [0.1, 0.15) is 11.4 Å². The summed E-state index contributed by atoms with van der Waals surface area (Å²) in [5.41, 5.74) is 4.53. The summed E-state index contributed by atoms with van der Waals surface area (Å²) in [6.45, 7) is 1.92. The molecule has 11 heteroatoms. The lowest BCUT2D eigenvalue weighted by Crippen LogP contribution is -2.10. The standard InChI is InChI=1S/C25H19FN8O2/c1-2-3-18(35)30-15-8-14(9-27-10-15)21-20(26)19-17(11-29-21)33-34-23(19)25-31-22-16(13-5-7-36-12-13)4-6-28-24(22)32-25/h4-12H,2-3H2,1H3,(H,30,35)(H,33,34)(H,28,31,32). The van der Waals surface area contributed by atoms with Gasteiger partial charge in [0.15, 0.2) is 17.3 Å². The summed E-state index contributed by atoms with van der Waals surface area (Å²) in [6.07, 6.45) is 10.5. The fourth-order valence-corrected chi connectivity index (χ4v) is 4.12. The van der Waals surface area contributed by atoms with Crippen LogP contribution in [0.3, 0.4) is 0 Å². The lowest BCUT2D eigenvalue weighted by Gasteiger charge is -2.07. The van der Waals surface area contributed by atoms with Gasteiger partial charge in [0.25, 0.3) is 0 Å². The van der Waals surface area contributed by atoms with E-state index in [0.29, 0.717) is 45.9 Å². The van der Waals surface area contributed by atoms with Crippen molar-refractivity contribution < 1.29 is 13.6 Å². The highest BCUT2D eigenvalue weighted by atomic mass is 19.1. The minimum Gasteiger partial charge on any atom is -0.472 e. The molecule has 6 aromatic heterocycles. The number of halogens is 1. The van der Waals surface area contributed by atoms with Crippen molar-refractivity contribution in [3.8, 4) is 33.9 Å². The molecule has 0 spiro atoms. The number of rotatable bonds is 6. The predicted octanol–water partition coefficient (Wildman–Crippen LogP) is 5.10. The minimum absolute atomic E-state index is 0.0811. The van der Waals surface area contributed by atoms with Crippen LogP contribution >= 0.6 is 0 Å². The summed E-state index contributed by atoms with van der Waals surface area (Å²) in [7, 11) is 0. The molecule has 178 valence electrons. The highest BCUT2D eigenvalue weighted by Gasteiger charge is 2.21. The number of anilines is 1. The number of H-pyrrole nitrogens is 2. The topological polar surface area (TPSA) is 138 Å². The van der Waals surface area contributed by atoms with Gasteiger partial charge in [-0.1, -0.05) is 6.92 Å². The molecule has 6 rings (SSSR count). The Labute approximate surface area is 203 Å². The summed E-state index contributed by atoms with van der Waals surface area (Å²) in [6, 6.07) is 5.32. The molecule has 0 fully saturated rings. The van der Waals surface area contributed by atoms with Crippen LogP contribution in [0.1, 0.15) is 19.8 Å². The Bertz CT molecular complexity index is 1720. The van der Waals surface area contributed by atoms with Crippen molar-refractivity contribution in [2.24, 2.45) is 0 Å². The zero-order valence-electron chi connectivity index (χ0n) is 19.0. The molecule has 1 amide bonds. The van der Waals surface area contributed by atoms with Gasteiger partial charge in [-0.05, 0) is 24.6 Å². The maximum Gasteiger partial charge on any atom is 0.224 e. The Morgan fingerprint density at radius 1 is 1.14 bits per heavy atom. The summed E-state index contributed by atoms with van der Waals surface area (Å²) < 4.78 is 21.1. The van der Waals surface area contributed by atoms with E-state index in [1.165, 1.54) is 18.6 Å². The second-order valence-corrected chi connectivity index (χ2v) is 8.20. The molecule has 10 nitrogen and oxygen atoms in total. The summed E-state index contributed by atoms with van der Waals surface area (Å²) >= 11 is 0. The van der Waals surface area contributed by atoms with E-state index in [0.717, 1.165) is 17.5 Å². The first-order valence-corrected chi connectivity index (χ1v) is 11.3. The molecule has 0 aliphatic heterocycles. The maximum absolute atomic E-state index is 15.9. The Morgan fingerprint density at radius 3 is 2.89 bits per heavy atom. The third-order valence-corrected chi connectivity index (χ3v) is 5.77. The zero-order valence-corrected chi connectivity index (χ0v) is 19.0. The van der Waals surface area contributed by atoms with Gasteiger partial charge < -0.3 is 14.7 Å². The highest BCUT2D eigenvalue weighted by molar-refractivity contribution is 5.97. The van der Waals surface area contributed by atoms with Crippen LogP contribution in [-0.2, 0) is 4.79 Å². The van der Waals surface area contributed by atoms with E-state index in [2.05, 4.69) is 40.4 Å². The number of carbonyl (C=O) groups is 1. The first-order valence-electron chi connectivity index (χ1n) is 11.3. The number of pyridine rings is 3. The number of aromatic amines is 2. The van der Waals surface area contributed by atoms with Crippen LogP contribution in [0.2, 0.25) is 0 Å². The van der Waals surface area contributed by atoms with Crippen molar-refractivity contribution in [1.82, 2.24) is 35.1 Å². The molecular formula is C25H19FN8O2. The fourth-order valence-electron chi connectivity index (χ4n) is 4.12. The first kappa shape index (κ1) is 21.6. The van der Waals surface area contributed by atoms with Gasteiger partial charge >= 0.3 is 0 Å². The minimum atomic E-state index is -0.585. The van der Waals surface area contributed by atoms with Crippen LogP contribution in [-0.4, -0.2) is 41.0 Å². The molecule has 6 heterocycles. The Hall–Kier alpha value is -4.93. The average Bonchev–Trinajstić information content (AvgIpc) is 3.63. The number of nitrogens with zero attached hydrogens (tertiary/aromatic N) is 5. The van der Waals surface area contributed by atoms with Gasteiger partial charge in [-0.15, -0.1) is 0 Å². The van der Waals surface area contributed by atoms with Crippen LogP contribution in [0.25, 0.3) is 56.0 Å². The molecule has 0 bridgehead atoms. The number of imidazole rings is 1. The van der Waals surface area contributed by atoms with E-state index >= 15 is 4.39 Å². The van der Waals surface area contributed by atoms with Crippen LogP contribution in [0.5, 0.6) is 0 Å². The summed E-state index contributed by atoms with van der Waals surface area (Å²) in [5.74, 6) is -0.362. The second-order valence-electron chi connectivity index (χ2n) is 8.20. The van der Waals surface area contributed by atoms with Gasteiger partial charge in [-0.3, -0.25) is 19.9 Å². The van der Waals surface area contributed by atoms with Crippen LogP contribution in [0.15, 0.2) is 59.9 Å². The van der Waals surface area contributed by atoms with Crippen molar-refractivity contribution >= 4 is 33.7 Å². The number of hydrogen-bond acceptors (Lipinski definition) is 7. The number of aromatic nitrogens is 7. The van der Waals surface area contributed by atoms with E-state index in [4.69, 9.17) is 4.42 Å². The largest absolute Gasteiger partial charge is 0.472 e. The lowest BCUT2D eigenvalue weighted by molar-refractivity contribution is -0.116. The third kappa shape index (κ3) is 3.66. The molecule has 6 aromatic rings. The van der Waals surface area contributed by atoms with Gasteiger partial charge in [0.05, 0.1) is 47.0 Å². The number of carbonyl (C=O) groups excluding carboxylic acids is 1. The molecule has 36 heavy (non-hydrogen) atoms. The highest BCUT2D eigenvalue weighted by Crippen LogP contribution is 2.34. The maximum atomic E-state index is 15.9. The molecule has 0 saturated heterocycles. The van der Waals surface area contributed by atoms with E-state index in [1.54, 1.807) is 24.8 Å². The van der Waals surface area contributed by atoms with Crippen LogP contribution < -0.4 is 5.32 Å². The SMILES string of the molecule is CCCC(=O)Nc1cncc(-c2ncc3[nH]nc(-c4nc5nccc(-c6ccoc6)c5[nH]4)c3c2F)c1. The zero-order chi connectivity index (χ0) is 24.6. The van der Waals surface area contributed by atoms with E-state index < -0.39 is 5.82 Å². The molecular weight excluding hydrogens is 463 g/mol. The molecule has 0 aromatic carbocycles. The second kappa shape index (κ2) is 8.69. The van der Waals surface area contributed by atoms with Crippen LogP contribution in [0, 0.1) is 5.82 Å². The summed E-state index contributed by atoms with van der Waals surface area (Å²) in [4.78, 5) is 32.5. The van der Waals surface area contributed by atoms with Crippen molar-refractivity contribution in [2.45, 2.75) is 19.8 Å². The van der Waals surface area contributed by atoms with Gasteiger partial charge in [0, 0.05) is 35.5 Å². The van der Waals surface area contributed by atoms with Crippen LogP contribution in [0.4, 0.5) is 10.1 Å². The fraction of sp³-hybridized carbons (Fsp3) is 0.120. The Balaban J connectivity index is 1.44. The van der Waals surface area contributed by atoms with Gasteiger partial charge in [0.2, 0.25) is 5.91 Å². The quantitative estimate of drug-likeness (QED) is 0.300. The third-order valence-electron chi connectivity index (χ3n) is 5.77. The number of nitrogens with one attached hydrogen (secondary N) is 3. The van der Waals surface area contributed by atoms with E-state index in [9.17, 15) is 4.79 Å². The van der Waals surface area contributed by atoms with Gasteiger partial charge in [-0.25, -0.2) is 14.4 Å². The molecule has 0 unspecified atom stereocenters. The number of hydrogen-bond donors (Lipinski definition) is 3. The number of fused-ring (bicyclic) bond motifs is 2. The van der Waals surface area contributed by atoms with Crippen molar-refractivity contribution in [3.05, 3.63) is 61.3 Å². The number of amides is 1. The van der Waals surface area contributed by atoms with Crippen molar-refractivity contribution in [2.75, 3.05) is 5.32 Å². The number of furan rings is 1. The van der Waals surface area contributed by atoms with Gasteiger partial charge in [-0.2, -0.15) is 5.10 Å². The lowest BCUT2D eigenvalue weighted by atomic mass is 10.1. The van der Waals surface area contributed by atoms with E-state index in [-0.39, 0.29) is 17.0 Å². The van der Waals surface area contributed by atoms with Crippen molar-refractivity contribution in [1.29, 1.82) is 0 Å². The normalized spacial score (nSPS) is 11.4. The molecule has 0 aliphatic carbocycles. The molecule has 0 radical (unpaired) electrons. The average molecular weight is 482 g/mol. The predicted molar refractivity (Wildman–Crippen MR) is 131 cm³/mol. The summed E-state index contributed by atoms with van der Waals surface area (Å²) in [5, 5.41) is 10.1.